The molecule has 0 saturated carbocycles. The van der Waals surface area contributed by atoms with Crippen molar-refractivity contribution in [2.24, 2.45) is 15.0 Å². The molecule has 2 aliphatic heterocycles. The van der Waals surface area contributed by atoms with Crippen LogP contribution in [0.3, 0.4) is 0 Å². The average Bonchev–Trinajstić information content (AvgIpc) is 3.83. The lowest BCUT2D eigenvalue weighted by Crippen LogP contribution is -2.59. The second-order valence-corrected chi connectivity index (χ2v) is 12.3. The Morgan fingerprint density at radius 2 is 0.940 bits per heavy atom. The minimum absolute atomic E-state index is 0.646. The molecule has 1 N–H and O–H groups in total. The van der Waals surface area contributed by atoms with E-state index in [1.807, 2.05) is 85.1 Å². The number of hydrogen-bond donors (Lipinski definition) is 1. The van der Waals surface area contributed by atoms with Crippen LogP contribution in [0.25, 0.3) is 0 Å². The summed E-state index contributed by atoms with van der Waals surface area (Å²) in [6, 6.07) is 57.5. The third-order valence-electron chi connectivity index (χ3n) is 9.67. The maximum absolute atomic E-state index is 6.17. The molecule has 0 amide bonds. The summed E-state index contributed by atoms with van der Waals surface area (Å²) in [6.07, 6.45) is 1.86. The van der Waals surface area contributed by atoms with E-state index in [0.29, 0.717) is 11.5 Å². The van der Waals surface area contributed by atoms with Crippen molar-refractivity contribution in [2.75, 3.05) is 14.2 Å². The molecule has 6 aromatic carbocycles. The Labute approximate surface area is 292 Å². The molecule has 6 aromatic rings. The smallest absolute Gasteiger partial charge is 0.222 e. The second-order valence-electron chi connectivity index (χ2n) is 12.3. The highest BCUT2D eigenvalue weighted by Crippen LogP contribution is 2.58. The quantitative estimate of drug-likeness (QED) is 0.171. The number of ether oxygens (including phenoxy) is 2. The number of rotatable bonds is 9. The van der Waals surface area contributed by atoms with Crippen LogP contribution in [0.15, 0.2) is 185 Å². The van der Waals surface area contributed by atoms with E-state index in [4.69, 9.17) is 24.5 Å². The molecule has 0 aromatic heterocycles. The standard InChI is InChI=1S/C44H36N4O2/c1-49-39-29-17-15-27-36(39)43(45-31-38(46-43)32-19-7-3-8-20-32)44(37-28-16-18-30-40(37)50-2)47-41(33-21-9-4-10-22-33)42(48-44,34-23-11-5-12-24-34)35-25-13-6-14-26-35/h3-31,48H,1-2H3. The van der Waals surface area contributed by atoms with Crippen LogP contribution in [0.2, 0.25) is 0 Å². The van der Waals surface area contributed by atoms with Gasteiger partial charge in [0, 0.05) is 16.7 Å². The number of aliphatic imine (C=N–C) groups is 3. The molecule has 0 saturated heterocycles. The first-order valence-electron chi connectivity index (χ1n) is 16.7. The van der Waals surface area contributed by atoms with Gasteiger partial charge in [-0.3, -0.25) is 15.3 Å². The van der Waals surface area contributed by atoms with E-state index in [-0.39, 0.29) is 0 Å². The van der Waals surface area contributed by atoms with Gasteiger partial charge in [0.05, 0.1) is 31.9 Å². The Hall–Kier alpha value is -6.11. The monoisotopic (exact) mass is 652 g/mol. The molecule has 0 radical (unpaired) electrons. The van der Waals surface area contributed by atoms with Crippen molar-refractivity contribution in [1.82, 2.24) is 5.32 Å². The molecular formula is C44H36N4O2. The van der Waals surface area contributed by atoms with E-state index in [0.717, 1.165) is 44.8 Å². The predicted molar refractivity (Wildman–Crippen MR) is 201 cm³/mol. The SMILES string of the molecule is COc1ccccc1C1(C2(c3ccccc3OC)N=C(c3ccccc3)C(c3ccccc3)(c3ccccc3)N2)N=CC(c2ccccc2)=N1. The Morgan fingerprint density at radius 1 is 0.480 bits per heavy atom. The van der Waals surface area contributed by atoms with E-state index in [2.05, 4.69) is 96.3 Å². The van der Waals surface area contributed by atoms with Gasteiger partial charge in [0.2, 0.25) is 5.66 Å². The maximum atomic E-state index is 6.17. The van der Waals surface area contributed by atoms with Gasteiger partial charge >= 0.3 is 0 Å². The Kier molecular flexibility index (Phi) is 7.94. The molecule has 6 nitrogen and oxygen atoms in total. The van der Waals surface area contributed by atoms with Crippen molar-refractivity contribution in [3.8, 4) is 11.5 Å². The first kappa shape index (κ1) is 31.2. The van der Waals surface area contributed by atoms with Gasteiger partial charge in [0.1, 0.15) is 17.0 Å². The zero-order valence-corrected chi connectivity index (χ0v) is 27.9. The van der Waals surface area contributed by atoms with Crippen molar-refractivity contribution in [3.63, 3.8) is 0 Å². The summed E-state index contributed by atoms with van der Waals surface area (Å²) in [5, 5.41) is 4.23. The van der Waals surface area contributed by atoms with Gasteiger partial charge in [-0.1, -0.05) is 158 Å². The highest BCUT2D eigenvalue weighted by atomic mass is 16.5. The summed E-state index contributed by atoms with van der Waals surface area (Å²) in [5.41, 5.74) is 3.34. The molecule has 50 heavy (non-hydrogen) atoms. The van der Waals surface area contributed by atoms with E-state index in [1.54, 1.807) is 14.2 Å². The van der Waals surface area contributed by atoms with Crippen LogP contribution in [0.1, 0.15) is 33.4 Å². The molecule has 8 rings (SSSR count). The van der Waals surface area contributed by atoms with Crippen LogP contribution in [-0.4, -0.2) is 31.9 Å². The normalized spacial score (nSPS) is 20.6. The molecular weight excluding hydrogens is 617 g/mol. The summed E-state index contributed by atoms with van der Waals surface area (Å²) in [5.74, 6) is 1.30. The highest BCUT2D eigenvalue weighted by Gasteiger charge is 2.66. The zero-order valence-electron chi connectivity index (χ0n) is 27.9. The predicted octanol–water partition coefficient (Wildman–Crippen LogP) is 8.32. The van der Waals surface area contributed by atoms with Crippen molar-refractivity contribution >= 4 is 17.6 Å². The lowest BCUT2D eigenvalue weighted by Gasteiger charge is -2.44. The highest BCUT2D eigenvalue weighted by molar-refractivity contribution is 6.39. The van der Waals surface area contributed by atoms with Gasteiger partial charge in [-0.05, 0) is 28.8 Å². The fourth-order valence-corrected chi connectivity index (χ4v) is 7.44. The number of para-hydroxylation sites is 2. The Balaban J connectivity index is 1.56. The number of nitrogens with one attached hydrogen (secondary N) is 1. The topological polar surface area (TPSA) is 67.6 Å². The summed E-state index contributed by atoms with van der Waals surface area (Å²) in [4.78, 5) is 17.1. The number of benzene rings is 6. The largest absolute Gasteiger partial charge is 0.496 e. The van der Waals surface area contributed by atoms with Gasteiger partial charge in [0.25, 0.3) is 0 Å². The molecule has 0 fully saturated rings. The Morgan fingerprint density at radius 3 is 1.50 bits per heavy atom. The summed E-state index contributed by atoms with van der Waals surface area (Å²) in [7, 11) is 3.37. The molecule has 0 aliphatic carbocycles. The third-order valence-corrected chi connectivity index (χ3v) is 9.67. The van der Waals surface area contributed by atoms with Crippen LogP contribution < -0.4 is 14.8 Å². The van der Waals surface area contributed by atoms with E-state index in [1.165, 1.54) is 0 Å². The van der Waals surface area contributed by atoms with Crippen LogP contribution in [0.5, 0.6) is 11.5 Å². The summed E-state index contributed by atoms with van der Waals surface area (Å²) >= 11 is 0. The Bertz CT molecular complexity index is 2180. The van der Waals surface area contributed by atoms with E-state index < -0.39 is 16.9 Å². The first-order chi connectivity index (χ1) is 24.6. The molecule has 0 spiro atoms. The lowest BCUT2D eigenvalue weighted by atomic mass is 9.75. The van der Waals surface area contributed by atoms with Crippen molar-refractivity contribution in [3.05, 3.63) is 203 Å². The average molecular weight is 653 g/mol. The molecule has 2 atom stereocenters. The molecule has 2 heterocycles. The van der Waals surface area contributed by atoms with Crippen LogP contribution >= 0.6 is 0 Å². The van der Waals surface area contributed by atoms with Crippen molar-refractivity contribution in [1.29, 1.82) is 0 Å². The van der Waals surface area contributed by atoms with Crippen molar-refractivity contribution < 1.29 is 9.47 Å². The van der Waals surface area contributed by atoms with Crippen LogP contribution in [0, 0.1) is 0 Å². The molecule has 6 heteroatoms. The maximum Gasteiger partial charge on any atom is 0.222 e. The number of nitrogens with zero attached hydrogens (tertiary/aromatic N) is 3. The molecule has 0 bridgehead atoms. The van der Waals surface area contributed by atoms with Gasteiger partial charge in [0.15, 0.2) is 5.66 Å². The van der Waals surface area contributed by atoms with Crippen LogP contribution in [-0.2, 0) is 16.9 Å². The first-order valence-corrected chi connectivity index (χ1v) is 16.7. The second kappa shape index (κ2) is 12.7. The minimum Gasteiger partial charge on any atom is -0.496 e. The van der Waals surface area contributed by atoms with E-state index >= 15 is 0 Å². The number of methoxy groups -OCH3 is 2. The van der Waals surface area contributed by atoms with Gasteiger partial charge < -0.3 is 9.47 Å². The van der Waals surface area contributed by atoms with Crippen LogP contribution in [0.4, 0.5) is 0 Å². The lowest BCUT2D eigenvalue weighted by molar-refractivity contribution is 0.171. The van der Waals surface area contributed by atoms with Gasteiger partial charge in [-0.2, -0.15) is 0 Å². The van der Waals surface area contributed by atoms with Gasteiger partial charge in [-0.15, -0.1) is 0 Å². The molecule has 2 unspecified atom stereocenters. The fourth-order valence-electron chi connectivity index (χ4n) is 7.44. The van der Waals surface area contributed by atoms with E-state index in [9.17, 15) is 0 Å². The number of hydrogen-bond acceptors (Lipinski definition) is 6. The summed E-state index contributed by atoms with van der Waals surface area (Å²) < 4.78 is 12.3. The fraction of sp³-hybridized carbons (Fsp3) is 0.114. The molecule has 2 aliphatic rings. The molecule has 244 valence electrons. The van der Waals surface area contributed by atoms with Gasteiger partial charge in [-0.25, -0.2) is 4.99 Å². The minimum atomic E-state index is -1.40. The van der Waals surface area contributed by atoms with Crippen molar-refractivity contribution in [2.45, 2.75) is 16.9 Å². The zero-order chi connectivity index (χ0) is 34.0. The third kappa shape index (κ3) is 4.79. The summed E-state index contributed by atoms with van der Waals surface area (Å²) in [6.45, 7) is 0.